The molecule has 20 heavy (non-hydrogen) atoms. The van der Waals surface area contributed by atoms with E-state index in [9.17, 15) is 4.79 Å². The maximum Gasteiger partial charge on any atom is 0.261 e. The van der Waals surface area contributed by atoms with Gasteiger partial charge in [0, 0.05) is 24.3 Å². The lowest BCUT2D eigenvalue weighted by molar-refractivity contribution is 0.0936. The molecule has 1 atom stereocenters. The Hall–Kier alpha value is -1.62. The zero-order valence-electron chi connectivity index (χ0n) is 12.2. The molecule has 4 nitrogen and oxygen atoms in total. The van der Waals surface area contributed by atoms with Crippen LogP contribution in [0.4, 0.5) is 0 Å². The van der Waals surface area contributed by atoms with Crippen LogP contribution in [0.15, 0.2) is 24.5 Å². The largest absolute Gasteiger partial charge is 0.341 e. The number of hydrogen-bond acceptors (Lipinski definition) is 3. The standard InChI is InChI=1S/C15H21N3OS/c1-4-6-12(14-16-9-10-18(14)3)17-15(19)13-8-7-11(5-2)20-13/h7-10,12H,4-6H2,1-3H3,(H,17,19)/t12-/m0/s1. The number of aromatic nitrogens is 2. The summed E-state index contributed by atoms with van der Waals surface area (Å²) in [6, 6.07) is 3.90. The van der Waals surface area contributed by atoms with E-state index in [1.54, 1.807) is 17.5 Å². The Balaban J connectivity index is 2.12. The van der Waals surface area contributed by atoms with Crippen molar-refractivity contribution in [3.63, 3.8) is 0 Å². The van der Waals surface area contributed by atoms with Crippen LogP contribution in [0.2, 0.25) is 0 Å². The summed E-state index contributed by atoms with van der Waals surface area (Å²) in [5, 5.41) is 3.10. The fraction of sp³-hybridized carbons (Fsp3) is 0.467. The van der Waals surface area contributed by atoms with Crippen LogP contribution in [-0.4, -0.2) is 15.5 Å². The molecule has 2 heterocycles. The molecular formula is C15H21N3OS. The summed E-state index contributed by atoms with van der Waals surface area (Å²) >= 11 is 1.56. The highest BCUT2D eigenvalue weighted by atomic mass is 32.1. The van der Waals surface area contributed by atoms with Gasteiger partial charge in [0.1, 0.15) is 5.82 Å². The predicted molar refractivity (Wildman–Crippen MR) is 82.0 cm³/mol. The van der Waals surface area contributed by atoms with E-state index in [-0.39, 0.29) is 11.9 Å². The Bertz CT molecular complexity index is 573. The lowest BCUT2D eigenvalue weighted by Crippen LogP contribution is -2.29. The molecule has 2 aromatic heterocycles. The summed E-state index contributed by atoms with van der Waals surface area (Å²) in [4.78, 5) is 18.7. The predicted octanol–water partition coefficient (Wildman–Crippen LogP) is 3.32. The second-order valence-electron chi connectivity index (χ2n) is 4.83. The molecule has 0 fully saturated rings. The maximum absolute atomic E-state index is 12.3. The van der Waals surface area contributed by atoms with E-state index in [0.29, 0.717) is 0 Å². The number of rotatable bonds is 6. The van der Waals surface area contributed by atoms with E-state index in [1.807, 2.05) is 29.9 Å². The zero-order chi connectivity index (χ0) is 14.5. The van der Waals surface area contributed by atoms with E-state index in [4.69, 9.17) is 0 Å². The van der Waals surface area contributed by atoms with Gasteiger partial charge in [-0.1, -0.05) is 20.3 Å². The number of carbonyl (C=O) groups is 1. The Morgan fingerprint density at radius 3 is 2.80 bits per heavy atom. The van der Waals surface area contributed by atoms with Crippen molar-refractivity contribution in [3.8, 4) is 0 Å². The van der Waals surface area contributed by atoms with Gasteiger partial charge in [0.2, 0.25) is 0 Å². The summed E-state index contributed by atoms with van der Waals surface area (Å²) < 4.78 is 1.96. The molecule has 2 rings (SSSR count). The normalized spacial score (nSPS) is 12.3. The lowest BCUT2D eigenvalue weighted by Gasteiger charge is -2.17. The number of nitrogens with one attached hydrogen (secondary N) is 1. The number of nitrogens with zero attached hydrogens (tertiary/aromatic N) is 2. The van der Waals surface area contributed by atoms with Gasteiger partial charge in [-0.15, -0.1) is 11.3 Å². The highest BCUT2D eigenvalue weighted by Crippen LogP contribution is 2.20. The van der Waals surface area contributed by atoms with Gasteiger partial charge in [-0.25, -0.2) is 4.98 Å². The SMILES string of the molecule is CCC[C@H](NC(=O)c1ccc(CC)s1)c1nccn1C. The minimum Gasteiger partial charge on any atom is -0.341 e. The molecule has 0 saturated heterocycles. The first-order valence-corrected chi connectivity index (χ1v) is 7.84. The minimum atomic E-state index is -0.0281. The summed E-state index contributed by atoms with van der Waals surface area (Å²) in [5.41, 5.74) is 0. The van der Waals surface area contributed by atoms with E-state index in [0.717, 1.165) is 30.0 Å². The van der Waals surface area contributed by atoms with Crippen molar-refractivity contribution in [1.29, 1.82) is 0 Å². The van der Waals surface area contributed by atoms with Gasteiger partial charge in [-0.05, 0) is 25.0 Å². The average molecular weight is 291 g/mol. The monoisotopic (exact) mass is 291 g/mol. The first-order chi connectivity index (χ1) is 9.65. The van der Waals surface area contributed by atoms with Crippen LogP contribution in [-0.2, 0) is 13.5 Å². The quantitative estimate of drug-likeness (QED) is 0.887. The Morgan fingerprint density at radius 2 is 2.25 bits per heavy atom. The topological polar surface area (TPSA) is 46.9 Å². The van der Waals surface area contributed by atoms with Gasteiger partial charge in [-0.3, -0.25) is 4.79 Å². The maximum atomic E-state index is 12.3. The van der Waals surface area contributed by atoms with Crippen LogP contribution in [0.25, 0.3) is 0 Å². The number of carbonyl (C=O) groups excluding carboxylic acids is 1. The van der Waals surface area contributed by atoms with Gasteiger partial charge in [-0.2, -0.15) is 0 Å². The molecule has 0 unspecified atom stereocenters. The van der Waals surface area contributed by atoms with Crippen molar-refractivity contribution in [2.75, 3.05) is 0 Å². The molecule has 0 saturated carbocycles. The van der Waals surface area contributed by atoms with Crippen molar-refractivity contribution in [2.45, 2.75) is 39.2 Å². The van der Waals surface area contributed by atoms with Crippen molar-refractivity contribution in [1.82, 2.24) is 14.9 Å². The molecule has 0 aliphatic rings. The summed E-state index contributed by atoms with van der Waals surface area (Å²) in [6.45, 7) is 4.21. The van der Waals surface area contributed by atoms with E-state index in [2.05, 4.69) is 24.1 Å². The molecule has 1 N–H and O–H groups in total. The summed E-state index contributed by atoms with van der Waals surface area (Å²) in [6.07, 6.45) is 6.54. The van der Waals surface area contributed by atoms with Crippen molar-refractivity contribution in [2.24, 2.45) is 7.05 Å². The second-order valence-corrected chi connectivity index (χ2v) is 6.00. The van der Waals surface area contributed by atoms with Crippen molar-refractivity contribution in [3.05, 3.63) is 40.1 Å². The smallest absolute Gasteiger partial charge is 0.261 e. The van der Waals surface area contributed by atoms with Gasteiger partial charge < -0.3 is 9.88 Å². The van der Waals surface area contributed by atoms with Crippen molar-refractivity contribution < 1.29 is 4.79 Å². The average Bonchev–Trinajstić information content (AvgIpc) is 3.06. The molecule has 0 spiro atoms. The molecule has 5 heteroatoms. The Labute approximate surface area is 123 Å². The lowest BCUT2D eigenvalue weighted by atomic mass is 10.1. The number of aryl methyl sites for hydroxylation is 2. The molecule has 0 aliphatic carbocycles. The third-order valence-corrected chi connectivity index (χ3v) is 4.52. The highest BCUT2D eigenvalue weighted by Gasteiger charge is 2.19. The van der Waals surface area contributed by atoms with Crippen LogP contribution in [0.5, 0.6) is 0 Å². The molecule has 108 valence electrons. The third-order valence-electron chi connectivity index (χ3n) is 3.29. The fourth-order valence-corrected chi connectivity index (χ4v) is 3.04. The number of thiophene rings is 1. The Kier molecular flexibility index (Phi) is 4.95. The number of imidazole rings is 1. The van der Waals surface area contributed by atoms with Crippen LogP contribution in [0, 0.1) is 0 Å². The fourth-order valence-electron chi connectivity index (χ4n) is 2.19. The van der Waals surface area contributed by atoms with Gasteiger partial charge in [0.15, 0.2) is 0 Å². The number of hydrogen-bond donors (Lipinski definition) is 1. The van der Waals surface area contributed by atoms with E-state index >= 15 is 0 Å². The second kappa shape index (κ2) is 6.70. The summed E-state index contributed by atoms with van der Waals surface area (Å²) in [7, 11) is 1.96. The van der Waals surface area contributed by atoms with Gasteiger partial charge in [0.25, 0.3) is 5.91 Å². The minimum absolute atomic E-state index is 0.00356. The van der Waals surface area contributed by atoms with Crippen LogP contribution in [0.3, 0.4) is 0 Å². The molecule has 2 aromatic rings. The zero-order valence-corrected chi connectivity index (χ0v) is 13.0. The van der Waals surface area contributed by atoms with E-state index < -0.39 is 0 Å². The molecule has 0 radical (unpaired) electrons. The van der Waals surface area contributed by atoms with Crippen molar-refractivity contribution >= 4 is 17.2 Å². The van der Waals surface area contributed by atoms with Crippen LogP contribution >= 0.6 is 11.3 Å². The van der Waals surface area contributed by atoms with E-state index in [1.165, 1.54) is 4.88 Å². The highest BCUT2D eigenvalue weighted by molar-refractivity contribution is 7.14. The molecule has 0 aliphatic heterocycles. The Morgan fingerprint density at radius 1 is 1.45 bits per heavy atom. The molecule has 1 amide bonds. The molecule has 0 bridgehead atoms. The summed E-state index contributed by atoms with van der Waals surface area (Å²) in [5.74, 6) is 0.906. The first-order valence-electron chi connectivity index (χ1n) is 7.02. The van der Waals surface area contributed by atoms with Crippen LogP contribution in [0.1, 0.15) is 53.1 Å². The number of amides is 1. The van der Waals surface area contributed by atoms with Gasteiger partial charge in [0.05, 0.1) is 10.9 Å². The molecule has 0 aromatic carbocycles. The molecular weight excluding hydrogens is 270 g/mol. The van der Waals surface area contributed by atoms with Gasteiger partial charge >= 0.3 is 0 Å². The third kappa shape index (κ3) is 3.28. The first kappa shape index (κ1) is 14.8. The van der Waals surface area contributed by atoms with Crippen LogP contribution < -0.4 is 5.32 Å².